The molecule has 2 saturated heterocycles. The van der Waals surface area contributed by atoms with Crippen molar-refractivity contribution in [1.29, 1.82) is 0 Å². The molecule has 0 aromatic heterocycles. The molecule has 2 heterocycles. The Labute approximate surface area is 138 Å². The van der Waals surface area contributed by atoms with E-state index in [-0.39, 0.29) is 35.9 Å². The number of amides is 2. The highest BCUT2D eigenvalue weighted by molar-refractivity contribution is 6.31. The molecule has 0 bridgehead atoms. The summed E-state index contributed by atoms with van der Waals surface area (Å²) in [5, 5.41) is 2.81. The molecule has 2 fully saturated rings. The molecule has 2 aliphatic heterocycles. The van der Waals surface area contributed by atoms with Gasteiger partial charge in [-0.2, -0.15) is 0 Å². The van der Waals surface area contributed by atoms with Crippen LogP contribution in [0, 0.1) is 11.7 Å². The first kappa shape index (κ1) is 16.2. The van der Waals surface area contributed by atoms with Crippen molar-refractivity contribution in [3.63, 3.8) is 0 Å². The van der Waals surface area contributed by atoms with E-state index in [1.54, 1.807) is 0 Å². The van der Waals surface area contributed by atoms with E-state index in [4.69, 9.17) is 16.3 Å². The van der Waals surface area contributed by atoms with E-state index in [0.29, 0.717) is 12.2 Å². The normalized spacial score (nSPS) is 24.3. The predicted molar refractivity (Wildman–Crippen MR) is 83.9 cm³/mol. The van der Waals surface area contributed by atoms with Gasteiger partial charge in [0.1, 0.15) is 5.82 Å². The number of hydrogen-bond donors (Lipinski definition) is 1. The molecule has 0 radical (unpaired) electrons. The molecule has 2 aliphatic rings. The molecular weight excluding hydrogens is 323 g/mol. The Morgan fingerprint density at radius 2 is 2.30 bits per heavy atom. The lowest BCUT2D eigenvalue weighted by molar-refractivity contribution is -0.126. The number of carbonyl (C=O) groups is 2. The summed E-state index contributed by atoms with van der Waals surface area (Å²) < 4.78 is 18.7. The summed E-state index contributed by atoms with van der Waals surface area (Å²) in [6.07, 6.45) is 2.18. The van der Waals surface area contributed by atoms with Crippen molar-refractivity contribution in [2.45, 2.75) is 25.4 Å². The van der Waals surface area contributed by atoms with Crippen LogP contribution in [0.3, 0.4) is 0 Å². The SMILES string of the molecule is O=C(NC[C@@H]1CCCO1)[C@H]1CC(=O)N(c2ccc(F)c(Cl)c2)C1. The molecule has 2 atom stereocenters. The van der Waals surface area contributed by atoms with Gasteiger partial charge in [0.25, 0.3) is 0 Å². The van der Waals surface area contributed by atoms with Crippen molar-refractivity contribution in [2.75, 3.05) is 24.6 Å². The topological polar surface area (TPSA) is 58.6 Å². The van der Waals surface area contributed by atoms with Crippen molar-refractivity contribution in [1.82, 2.24) is 5.32 Å². The second-order valence-corrected chi connectivity index (χ2v) is 6.29. The molecule has 124 valence electrons. The number of halogens is 2. The van der Waals surface area contributed by atoms with Crippen LogP contribution in [0.25, 0.3) is 0 Å². The van der Waals surface area contributed by atoms with Gasteiger partial charge in [-0.15, -0.1) is 0 Å². The monoisotopic (exact) mass is 340 g/mol. The quantitative estimate of drug-likeness (QED) is 0.913. The number of hydrogen-bond acceptors (Lipinski definition) is 3. The van der Waals surface area contributed by atoms with Crippen LogP contribution in [-0.4, -0.2) is 37.6 Å². The van der Waals surface area contributed by atoms with Crippen LogP contribution in [-0.2, 0) is 14.3 Å². The lowest BCUT2D eigenvalue weighted by Crippen LogP contribution is -2.37. The Morgan fingerprint density at radius 1 is 1.48 bits per heavy atom. The zero-order valence-electron chi connectivity index (χ0n) is 12.6. The molecule has 0 saturated carbocycles. The van der Waals surface area contributed by atoms with Crippen molar-refractivity contribution in [3.8, 4) is 0 Å². The molecular formula is C16H18ClFN2O3. The molecule has 23 heavy (non-hydrogen) atoms. The smallest absolute Gasteiger partial charge is 0.227 e. The summed E-state index contributed by atoms with van der Waals surface area (Å²) in [7, 11) is 0. The van der Waals surface area contributed by atoms with Gasteiger partial charge in [0.2, 0.25) is 11.8 Å². The van der Waals surface area contributed by atoms with E-state index in [1.807, 2.05) is 0 Å². The van der Waals surface area contributed by atoms with E-state index >= 15 is 0 Å². The third-order valence-electron chi connectivity index (χ3n) is 4.24. The van der Waals surface area contributed by atoms with Crippen LogP contribution in [0.2, 0.25) is 5.02 Å². The van der Waals surface area contributed by atoms with Crippen LogP contribution in [0.5, 0.6) is 0 Å². The molecule has 1 N–H and O–H groups in total. The van der Waals surface area contributed by atoms with E-state index in [0.717, 1.165) is 19.4 Å². The molecule has 7 heteroatoms. The zero-order valence-corrected chi connectivity index (χ0v) is 13.3. The Bertz CT molecular complexity index is 619. The third kappa shape index (κ3) is 3.64. The maximum absolute atomic E-state index is 13.2. The fourth-order valence-corrected chi connectivity index (χ4v) is 3.12. The number of carbonyl (C=O) groups excluding carboxylic acids is 2. The average Bonchev–Trinajstić information content (AvgIpc) is 3.17. The van der Waals surface area contributed by atoms with E-state index in [1.165, 1.54) is 23.1 Å². The average molecular weight is 341 g/mol. The molecule has 0 aliphatic carbocycles. The van der Waals surface area contributed by atoms with Crippen molar-refractivity contribution in [3.05, 3.63) is 29.0 Å². The Hall–Kier alpha value is -1.66. The maximum atomic E-state index is 13.2. The molecule has 0 spiro atoms. The first-order chi connectivity index (χ1) is 11.0. The molecule has 5 nitrogen and oxygen atoms in total. The summed E-state index contributed by atoms with van der Waals surface area (Å²) >= 11 is 5.76. The minimum absolute atomic E-state index is 0.0402. The first-order valence-corrected chi connectivity index (χ1v) is 8.07. The van der Waals surface area contributed by atoms with Crippen LogP contribution >= 0.6 is 11.6 Å². The molecule has 1 aromatic carbocycles. The van der Waals surface area contributed by atoms with E-state index < -0.39 is 11.7 Å². The number of rotatable bonds is 4. The second-order valence-electron chi connectivity index (χ2n) is 5.88. The summed E-state index contributed by atoms with van der Waals surface area (Å²) in [6.45, 7) is 1.49. The number of benzene rings is 1. The van der Waals surface area contributed by atoms with Crippen LogP contribution in [0.4, 0.5) is 10.1 Å². The fraction of sp³-hybridized carbons (Fsp3) is 0.500. The predicted octanol–water partition coefficient (Wildman–Crippen LogP) is 2.13. The number of nitrogens with one attached hydrogen (secondary N) is 1. The molecule has 1 aromatic rings. The minimum atomic E-state index is -0.534. The van der Waals surface area contributed by atoms with Crippen molar-refractivity contribution in [2.24, 2.45) is 5.92 Å². The Kier molecular flexibility index (Phi) is 4.82. The standard InChI is InChI=1S/C16H18ClFN2O3/c17-13-7-11(3-4-14(13)18)20-9-10(6-15(20)21)16(22)19-8-12-2-1-5-23-12/h3-4,7,10,12H,1-2,5-6,8-9H2,(H,19,22)/t10-,12-/m0/s1. The van der Waals surface area contributed by atoms with Gasteiger partial charge in [-0.05, 0) is 31.0 Å². The van der Waals surface area contributed by atoms with Gasteiger partial charge >= 0.3 is 0 Å². The van der Waals surface area contributed by atoms with E-state index in [9.17, 15) is 14.0 Å². The first-order valence-electron chi connectivity index (χ1n) is 7.69. The second kappa shape index (κ2) is 6.84. The van der Waals surface area contributed by atoms with Crippen molar-refractivity contribution < 1.29 is 18.7 Å². The summed E-state index contributed by atoms with van der Waals surface area (Å²) in [5.41, 5.74) is 0.510. The molecule has 0 unspecified atom stereocenters. The lowest BCUT2D eigenvalue weighted by Gasteiger charge is -2.17. The third-order valence-corrected chi connectivity index (χ3v) is 4.53. The van der Waals surface area contributed by atoms with Gasteiger partial charge in [-0.3, -0.25) is 9.59 Å². The van der Waals surface area contributed by atoms with Crippen LogP contribution in [0.1, 0.15) is 19.3 Å². The van der Waals surface area contributed by atoms with Gasteiger partial charge in [0.15, 0.2) is 0 Å². The Balaban J connectivity index is 1.59. The van der Waals surface area contributed by atoms with Gasteiger partial charge in [0, 0.05) is 31.8 Å². The summed E-state index contributed by atoms with van der Waals surface area (Å²) in [6, 6.07) is 4.11. The highest BCUT2D eigenvalue weighted by Crippen LogP contribution is 2.28. The highest BCUT2D eigenvalue weighted by atomic mass is 35.5. The number of ether oxygens (including phenoxy) is 1. The van der Waals surface area contributed by atoms with E-state index in [2.05, 4.69) is 5.32 Å². The lowest BCUT2D eigenvalue weighted by atomic mass is 10.1. The number of anilines is 1. The van der Waals surface area contributed by atoms with Crippen molar-refractivity contribution >= 4 is 29.1 Å². The van der Waals surface area contributed by atoms with Gasteiger partial charge in [0.05, 0.1) is 17.0 Å². The fourth-order valence-electron chi connectivity index (χ4n) is 2.95. The van der Waals surface area contributed by atoms with Crippen LogP contribution in [0.15, 0.2) is 18.2 Å². The minimum Gasteiger partial charge on any atom is -0.376 e. The summed E-state index contributed by atoms with van der Waals surface area (Å²) in [5.74, 6) is -1.25. The zero-order chi connectivity index (χ0) is 16.4. The molecule has 2 amide bonds. The number of nitrogens with zero attached hydrogens (tertiary/aromatic N) is 1. The largest absolute Gasteiger partial charge is 0.376 e. The van der Waals surface area contributed by atoms with Gasteiger partial charge in [-0.1, -0.05) is 11.6 Å². The maximum Gasteiger partial charge on any atom is 0.227 e. The molecule has 3 rings (SSSR count). The highest BCUT2D eigenvalue weighted by Gasteiger charge is 2.35. The summed E-state index contributed by atoms with van der Waals surface area (Å²) in [4.78, 5) is 25.8. The Morgan fingerprint density at radius 3 is 3.00 bits per heavy atom. The van der Waals surface area contributed by atoms with Gasteiger partial charge < -0.3 is 15.0 Å². The van der Waals surface area contributed by atoms with Crippen LogP contribution < -0.4 is 10.2 Å². The van der Waals surface area contributed by atoms with Gasteiger partial charge in [-0.25, -0.2) is 4.39 Å².